The predicted octanol–water partition coefficient (Wildman–Crippen LogP) is 0.802. The Labute approximate surface area is 156 Å². The van der Waals surface area contributed by atoms with E-state index in [2.05, 4.69) is 26.1 Å². The summed E-state index contributed by atoms with van der Waals surface area (Å²) in [6, 6.07) is 1.10. The highest BCUT2D eigenvalue weighted by molar-refractivity contribution is 4.99. The van der Waals surface area contributed by atoms with E-state index >= 15 is 0 Å². The molecule has 6 heteroatoms. The van der Waals surface area contributed by atoms with Crippen LogP contribution in [0, 0.1) is 17.3 Å². The van der Waals surface area contributed by atoms with Crippen LogP contribution in [0.2, 0.25) is 0 Å². The molecule has 3 aliphatic rings. The normalized spacial score (nSPS) is 48.8. The van der Waals surface area contributed by atoms with Crippen molar-refractivity contribution in [3.8, 4) is 0 Å². The van der Waals surface area contributed by atoms with Crippen molar-refractivity contribution in [2.75, 3.05) is 6.61 Å². The molecule has 1 heterocycles. The van der Waals surface area contributed by atoms with Gasteiger partial charge in [0, 0.05) is 12.1 Å². The van der Waals surface area contributed by atoms with Crippen LogP contribution < -0.4 is 5.32 Å². The molecule has 0 aromatic rings. The van der Waals surface area contributed by atoms with Gasteiger partial charge >= 0.3 is 0 Å². The highest BCUT2D eigenvalue weighted by Crippen LogP contribution is 2.46. The first kappa shape index (κ1) is 20.5. The number of ether oxygens (including phenoxy) is 1. The van der Waals surface area contributed by atoms with Crippen LogP contribution in [0.15, 0.2) is 0 Å². The Morgan fingerprint density at radius 3 is 2.27 bits per heavy atom. The Kier molecular flexibility index (Phi) is 6.32. The van der Waals surface area contributed by atoms with Gasteiger partial charge in [-0.1, -0.05) is 20.8 Å². The summed E-state index contributed by atoms with van der Waals surface area (Å²) in [6.45, 7) is 6.49. The third-order valence-corrected chi connectivity index (χ3v) is 7.12. The number of nitrogens with one attached hydrogen (secondary N) is 1. The molecule has 1 saturated heterocycles. The van der Waals surface area contributed by atoms with Crippen LogP contribution in [0.5, 0.6) is 0 Å². The monoisotopic (exact) mass is 371 g/mol. The maximum absolute atomic E-state index is 10.3. The second kappa shape index (κ2) is 8.02. The second-order valence-corrected chi connectivity index (χ2v) is 9.71. The Morgan fingerprint density at radius 1 is 0.962 bits per heavy atom. The van der Waals surface area contributed by atoms with E-state index in [9.17, 15) is 20.4 Å². The average molecular weight is 372 g/mol. The lowest BCUT2D eigenvalue weighted by Gasteiger charge is -2.42. The number of aliphatic hydroxyl groups excluding tert-OH is 4. The molecule has 0 amide bonds. The van der Waals surface area contributed by atoms with Gasteiger partial charge in [0.15, 0.2) is 0 Å². The number of rotatable bonds is 5. The first-order valence-electron chi connectivity index (χ1n) is 10.3. The zero-order valence-corrected chi connectivity index (χ0v) is 16.3. The molecule has 0 aromatic heterocycles. The van der Waals surface area contributed by atoms with E-state index in [1.165, 1.54) is 19.3 Å². The van der Waals surface area contributed by atoms with Crippen molar-refractivity contribution in [2.45, 2.75) is 102 Å². The van der Waals surface area contributed by atoms with Gasteiger partial charge in [-0.2, -0.15) is 0 Å². The molecule has 3 rings (SSSR count). The zero-order valence-electron chi connectivity index (χ0n) is 16.3. The molecule has 6 nitrogen and oxygen atoms in total. The van der Waals surface area contributed by atoms with Crippen molar-refractivity contribution in [3.05, 3.63) is 0 Å². The third kappa shape index (κ3) is 4.26. The van der Waals surface area contributed by atoms with Gasteiger partial charge in [-0.3, -0.25) is 0 Å². The van der Waals surface area contributed by atoms with E-state index in [0.29, 0.717) is 24.4 Å². The Bertz CT molecular complexity index is 471. The lowest BCUT2D eigenvalue weighted by molar-refractivity contribution is -0.233. The SMILES string of the molecule is CC1CCC(NC2CC(CC3O[C@H](CO)[C@H](O)[C@H](O)[C@H]3O)C(C)(C)C2)C1. The molecular formula is C20H37NO5. The van der Waals surface area contributed by atoms with Crippen LogP contribution in [-0.2, 0) is 4.74 Å². The quantitative estimate of drug-likeness (QED) is 0.490. The van der Waals surface area contributed by atoms with Gasteiger partial charge in [-0.15, -0.1) is 0 Å². The summed E-state index contributed by atoms with van der Waals surface area (Å²) in [7, 11) is 0. The second-order valence-electron chi connectivity index (χ2n) is 9.71. The highest BCUT2D eigenvalue weighted by Gasteiger charge is 2.48. The van der Waals surface area contributed by atoms with Gasteiger partial charge in [0.05, 0.1) is 12.7 Å². The van der Waals surface area contributed by atoms with E-state index in [1.807, 2.05) is 0 Å². The minimum Gasteiger partial charge on any atom is -0.394 e. The summed E-state index contributed by atoms with van der Waals surface area (Å²) in [5.74, 6) is 1.17. The van der Waals surface area contributed by atoms with Gasteiger partial charge < -0.3 is 30.5 Å². The van der Waals surface area contributed by atoms with Crippen molar-refractivity contribution < 1.29 is 25.2 Å². The number of hydrogen-bond donors (Lipinski definition) is 5. The molecule has 2 saturated carbocycles. The molecule has 1 aliphatic heterocycles. The van der Waals surface area contributed by atoms with Gasteiger partial charge in [-0.25, -0.2) is 0 Å². The lowest BCUT2D eigenvalue weighted by Crippen LogP contribution is -2.58. The predicted molar refractivity (Wildman–Crippen MR) is 98.6 cm³/mol. The molecule has 0 radical (unpaired) electrons. The van der Waals surface area contributed by atoms with Gasteiger partial charge in [0.2, 0.25) is 0 Å². The van der Waals surface area contributed by atoms with Gasteiger partial charge in [-0.05, 0) is 55.8 Å². The Hall–Kier alpha value is -0.240. The van der Waals surface area contributed by atoms with Crippen molar-refractivity contribution >= 4 is 0 Å². The third-order valence-electron chi connectivity index (χ3n) is 7.12. The molecule has 3 fully saturated rings. The maximum Gasteiger partial charge on any atom is 0.111 e. The van der Waals surface area contributed by atoms with Crippen molar-refractivity contribution in [1.29, 1.82) is 0 Å². The van der Waals surface area contributed by atoms with Crippen molar-refractivity contribution in [2.24, 2.45) is 17.3 Å². The first-order valence-corrected chi connectivity index (χ1v) is 10.3. The molecule has 2 aliphatic carbocycles. The summed E-state index contributed by atoms with van der Waals surface area (Å²) < 4.78 is 5.74. The average Bonchev–Trinajstić information content (AvgIpc) is 3.10. The topological polar surface area (TPSA) is 102 Å². The zero-order chi connectivity index (χ0) is 19.1. The first-order chi connectivity index (χ1) is 12.2. The molecule has 152 valence electrons. The number of aliphatic hydroxyl groups is 4. The summed E-state index contributed by atoms with van der Waals surface area (Å²) in [4.78, 5) is 0. The van der Waals surface area contributed by atoms with Gasteiger partial charge in [0.25, 0.3) is 0 Å². The molecule has 0 aromatic carbocycles. The Balaban J connectivity index is 1.59. The molecule has 5 N–H and O–H groups in total. The number of hydrogen-bond acceptors (Lipinski definition) is 6. The van der Waals surface area contributed by atoms with E-state index in [0.717, 1.165) is 18.8 Å². The largest absolute Gasteiger partial charge is 0.394 e. The smallest absolute Gasteiger partial charge is 0.111 e. The fourth-order valence-corrected chi connectivity index (χ4v) is 5.44. The molecule has 5 unspecified atom stereocenters. The standard InChI is InChI=1S/C20H37NO5/c1-11-4-5-13(6-11)21-14-7-12(20(2,3)9-14)8-15-17(23)19(25)18(24)16(10-22)26-15/h11-19,21-25H,4-10H2,1-3H3/t11?,12?,13?,14?,15?,16-,17+,18+,19-/m1/s1. The van der Waals surface area contributed by atoms with Crippen molar-refractivity contribution in [1.82, 2.24) is 5.32 Å². The molecule has 26 heavy (non-hydrogen) atoms. The van der Waals surface area contributed by atoms with Crippen LogP contribution in [0.1, 0.15) is 59.3 Å². The molecule has 9 atom stereocenters. The van der Waals surface area contributed by atoms with Crippen LogP contribution in [-0.4, -0.2) is 69.6 Å². The van der Waals surface area contributed by atoms with Crippen LogP contribution in [0.3, 0.4) is 0 Å². The van der Waals surface area contributed by atoms with E-state index in [4.69, 9.17) is 4.74 Å². The van der Waals surface area contributed by atoms with Crippen molar-refractivity contribution in [3.63, 3.8) is 0 Å². The summed E-state index contributed by atoms with van der Waals surface area (Å²) in [5.41, 5.74) is 0.126. The molecule has 0 spiro atoms. The van der Waals surface area contributed by atoms with E-state index in [-0.39, 0.29) is 12.0 Å². The maximum atomic E-state index is 10.3. The summed E-state index contributed by atoms with van der Waals surface area (Å²) in [6.07, 6.45) is 1.56. The van der Waals surface area contributed by atoms with E-state index < -0.39 is 30.5 Å². The fraction of sp³-hybridized carbons (Fsp3) is 1.00. The Morgan fingerprint density at radius 2 is 1.65 bits per heavy atom. The van der Waals surface area contributed by atoms with E-state index in [1.54, 1.807) is 0 Å². The minimum absolute atomic E-state index is 0.126. The van der Waals surface area contributed by atoms with Crippen LogP contribution in [0.4, 0.5) is 0 Å². The molecular weight excluding hydrogens is 334 g/mol. The highest BCUT2D eigenvalue weighted by atomic mass is 16.5. The summed E-state index contributed by atoms with van der Waals surface area (Å²) in [5, 5.41) is 43.6. The van der Waals surface area contributed by atoms with Gasteiger partial charge in [0.1, 0.15) is 24.4 Å². The van der Waals surface area contributed by atoms with Crippen LogP contribution >= 0.6 is 0 Å². The summed E-state index contributed by atoms with van der Waals surface area (Å²) >= 11 is 0. The molecule has 0 bridgehead atoms. The fourth-order valence-electron chi connectivity index (χ4n) is 5.44. The lowest BCUT2D eigenvalue weighted by atomic mass is 9.77. The minimum atomic E-state index is -1.27. The van der Waals surface area contributed by atoms with Crippen LogP contribution in [0.25, 0.3) is 0 Å².